The van der Waals surface area contributed by atoms with Crippen molar-refractivity contribution in [1.29, 1.82) is 0 Å². The molecule has 1 aromatic rings. The third-order valence-corrected chi connectivity index (χ3v) is 5.50. The van der Waals surface area contributed by atoms with E-state index in [1.54, 1.807) is 0 Å². The van der Waals surface area contributed by atoms with Crippen molar-refractivity contribution < 1.29 is 0 Å². The van der Waals surface area contributed by atoms with Gasteiger partial charge in [-0.1, -0.05) is 27.5 Å². The van der Waals surface area contributed by atoms with Gasteiger partial charge in [0.2, 0.25) is 0 Å². The molecule has 1 heterocycles. The first-order valence-corrected chi connectivity index (χ1v) is 8.40. The number of hydrogen-bond acceptors (Lipinski definition) is 3. The van der Waals surface area contributed by atoms with Gasteiger partial charge in [0.05, 0.1) is 0 Å². The monoisotopic (exact) mass is 348 g/mol. The van der Waals surface area contributed by atoms with Gasteiger partial charge in [0, 0.05) is 33.9 Å². The lowest BCUT2D eigenvalue weighted by atomic mass is 10.0. The Morgan fingerprint density at radius 3 is 3.00 bits per heavy atom. The number of nitrogens with two attached hydrogens (primary N) is 1. The zero-order valence-corrected chi connectivity index (χ0v) is 13.6. The number of thioether (sulfide) groups is 1. The molecule has 2 nitrogen and oxygen atoms in total. The fourth-order valence-electron chi connectivity index (χ4n) is 2.38. The van der Waals surface area contributed by atoms with Crippen molar-refractivity contribution in [3.8, 4) is 0 Å². The van der Waals surface area contributed by atoms with Gasteiger partial charge in [0.25, 0.3) is 0 Å². The topological polar surface area (TPSA) is 29.3 Å². The zero-order valence-electron chi connectivity index (χ0n) is 10.4. The fraction of sp³-hybridized carbons (Fsp3) is 0.538. The Kier molecular flexibility index (Phi) is 5.39. The van der Waals surface area contributed by atoms with Crippen molar-refractivity contribution >= 4 is 39.3 Å². The highest BCUT2D eigenvalue weighted by molar-refractivity contribution is 9.10. The Labute approximate surface area is 126 Å². The van der Waals surface area contributed by atoms with Crippen molar-refractivity contribution in [1.82, 2.24) is 4.90 Å². The van der Waals surface area contributed by atoms with Gasteiger partial charge in [0.15, 0.2) is 0 Å². The second-order valence-electron chi connectivity index (χ2n) is 4.60. The molecule has 100 valence electrons. The molecule has 1 aliphatic rings. The number of hydrogen-bond donors (Lipinski definition) is 1. The standard InChI is InChI=1S/C13H18BrClN2S/c1-17(10-4-5-18-8-10)13(7-16)11-6-9(14)2-3-12(11)15/h2-3,6,10,13H,4-5,7-8,16H2,1H3. The number of benzene rings is 1. The minimum Gasteiger partial charge on any atom is -0.329 e. The highest BCUT2D eigenvalue weighted by Gasteiger charge is 2.27. The summed E-state index contributed by atoms with van der Waals surface area (Å²) in [7, 11) is 2.16. The Bertz CT molecular complexity index is 410. The van der Waals surface area contributed by atoms with Gasteiger partial charge in [-0.3, -0.25) is 4.90 Å². The molecule has 1 fully saturated rings. The zero-order chi connectivity index (χ0) is 13.1. The highest BCUT2D eigenvalue weighted by atomic mass is 79.9. The predicted molar refractivity (Wildman–Crippen MR) is 84.4 cm³/mol. The van der Waals surface area contributed by atoms with Gasteiger partial charge < -0.3 is 5.73 Å². The lowest BCUT2D eigenvalue weighted by Crippen LogP contribution is -2.38. The van der Waals surface area contributed by atoms with Crippen LogP contribution < -0.4 is 5.73 Å². The second-order valence-corrected chi connectivity index (χ2v) is 7.07. The van der Waals surface area contributed by atoms with E-state index in [1.807, 2.05) is 23.9 Å². The third kappa shape index (κ3) is 3.23. The van der Waals surface area contributed by atoms with E-state index in [4.69, 9.17) is 17.3 Å². The van der Waals surface area contributed by atoms with Crippen molar-refractivity contribution in [2.24, 2.45) is 5.73 Å². The van der Waals surface area contributed by atoms with Crippen LogP contribution in [-0.4, -0.2) is 36.0 Å². The van der Waals surface area contributed by atoms with E-state index in [0.717, 1.165) is 15.1 Å². The molecule has 1 aliphatic heterocycles. The van der Waals surface area contributed by atoms with E-state index in [1.165, 1.54) is 17.9 Å². The summed E-state index contributed by atoms with van der Waals surface area (Å²) in [5, 5.41) is 0.797. The lowest BCUT2D eigenvalue weighted by Gasteiger charge is -2.32. The van der Waals surface area contributed by atoms with Crippen LogP contribution in [0.1, 0.15) is 18.0 Å². The van der Waals surface area contributed by atoms with E-state index in [0.29, 0.717) is 12.6 Å². The molecule has 0 aliphatic carbocycles. The van der Waals surface area contributed by atoms with Crippen LogP contribution in [-0.2, 0) is 0 Å². The van der Waals surface area contributed by atoms with Gasteiger partial charge >= 0.3 is 0 Å². The predicted octanol–water partition coefficient (Wildman–Crippen LogP) is 3.54. The van der Waals surface area contributed by atoms with Crippen molar-refractivity contribution in [2.45, 2.75) is 18.5 Å². The molecular weight excluding hydrogens is 332 g/mol. The molecule has 1 saturated heterocycles. The number of halogens is 2. The van der Waals surface area contributed by atoms with E-state index < -0.39 is 0 Å². The Morgan fingerprint density at radius 2 is 2.39 bits per heavy atom. The number of rotatable bonds is 4. The normalized spacial score (nSPS) is 21.5. The van der Waals surface area contributed by atoms with E-state index in [2.05, 4.69) is 33.9 Å². The van der Waals surface area contributed by atoms with E-state index in [9.17, 15) is 0 Å². The molecule has 0 amide bonds. The first-order valence-electron chi connectivity index (χ1n) is 6.08. The maximum atomic E-state index is 6.31. The SMILES string of the molecule is CN(C1CCSC1)C(CN)c1cc(Br)ccc1Cl. The number of nitrogens with zero attached hydrogens (tertiary/aromatic N) is 1. The minimum absolute atomic E-state index is 0.193. The van der Waals surface area contributed by atoms with Crippen molar-refractivity contribution in [3.05, 3.63) is 33.3 Å². The van der Waals surface area contributed by atoms with Crippen LogP contribution in [0.2, 0.25) is 5.02 Å². The largest absolute Gasteiger partial charge is 0.329 e. The summed E-state index contributed by atoms with van der Waals surface area (Å²) in [5.74, 6) is 2.44. The van der Waals surface area contributed by atoms with Crippen LogP contribution in [0.25, 0.3) is 0 Å². The summed E-state index contributed by atoms with van der Waals surface area (Å²) in [4.78, 5) is 2.38. The third-order valence-electron chi connectivity index (χ3n) is 3.51. The lowest BCUT2D eigenvalue weighted by molar-refractivity contribution is 0.193. The average molecular weight is 350 g/mol. The molecule has 2 rings (SSSR count). The van der Waals surface area contributed by atoms with Gasteiger partial charge in [-0.15, -0.1) is 0 Å². The molecule has 2 unspecified atom stereocenters. The maximum absolute atomic E-state index is 6.31. The molecule has 2 atom stereocenters. The van der Waals surface area contributed by atoms with Gasteiger partial charge in [-0.05, 0) is 43.0 Å². The molecule has 1 aromatic carbocycles. The molecular formula is C13H18BrClN2S. The molecule has 0 spiro atoms. The van der Waals surface area contributed by atoms with Crippen LogP contribution in [0.15, 0.2) is 22.7 Å². The number of likely N-dealkylation sites (N-methyl/N-ethyl adjacent to an activating group) is 1. The Hall–Kier alpha value is 0.260. The summed E-state index contributed by atoms with van der Waals surface area (Å²) in [6.45, 7) is 0.591. The average Bonchev–Trinajstić information content (AvgIpc) is 2.88. The van der Waals surface area contributed by atoms with Crippen LogP contribution in [0, 0.1) is 0 Å². The molecule has 18 heavy (non-hydrogen) atoms. The van der Waals surface area contributed by atoms with Gasteiger partial charge in [-0.2, -0.15) is 11.8 Å². The van der Waals surface area contributed by atoms with Crippen LogP contribution >= 0.6 is 39.3 Å². The van der Waals surface area contributed by atoms with Crippen molar-refractivity contribution in [3.63, 3.8) is 0 Å². The smallest absolute Gasteiger partial charge is 0.0485 e. The molecule has 0 bridgehead atoms. The highest BCUT2D eigenvalue weighted by Crippen LogP contribution is 2.33. The molecule has 2 N–H and O–H groups in total. The summed E-state index contributed by atoms with van der Waals surface area (Å²) in [6.07, 6.45) is 1.24. The molecule has 5 heteroatoms. The maximum Gasteiger partial charge on any atom is 0.0485 e. The summed E-state index contributed by atoms with van der Waals surface area (Å²) in [6, 6.07) is 6.78. The molecule has 0 radical (unpaired) electrons. The minimum atomic E-state index is 0.193. The van der Waals surface area contributed by atoms with Gasteiger partial charge in [0.1, 0.15) is 0 Å². The first kappa shape index (κ1) is 14.7. The molecule has 0 saturated carbocycles. The van der Waals surface area contributed by atoms with E-state index in [-0.39, 0.29) is 6.04 Å². The Morgan fingerprint density at radius 1 is 1.61 bits per heavy atom. The molecule has 0 aromatic heterocycles. The summed E-state index contributed by atoms with van der Waals surface area (Å²) in [5.41, 5.74) is 7.09. The fourth-order valence-corrected chi connectivity index (χ4v) is 4.28. The van der Waals surface area contributed by atoms with E-state index >= 15 is 0 Å². The van der Waals surface area contributed by atoms with Crippen molar-refractivity contribution in [2.75, 3.05) is 25.1 Å². The Balaban J connectivity index is 2.23. The quantitative estimate of drug-likeness (QED) is 0.901. The van der Waals surface area contributed by atoms with Crippen LogP contribution in [0.5, 0.6) is 0 Å². The second kappa shape index (κ2) is 6.62. The summed E-state index contributed by atoms with van der Waals surface area (Å²) < 4.78 is 1.05. The first-order chi connectivity index (χ1) is 8.63. The van der Waals surface area contributed by atoms with Gasteiger partial charge in [-0.25, -0.2) is 0 Å². The summed E-state index contributed by atoms with van der Waals surface area (Å²) >= 11 is 11.8. The van der Waals surface area contributed by atoms with Crippen LogP contribution in [0.4, 0.5) is 0 Å². The van der Waals surface area contributed by atoms with Crippen LogP contribution in [0.3, 0.4) is 0 Å².